The molecule has 0 saturated carbocycles. The van der Waals surface area contributed by atoms with E-state index in [-0.39, 0.29) is 23.3 Å². The molecule has 1 aromatic carbocycles. The summed E-state index contributed by atoms with van der Waals surface area (Å²) in [5.74, 6) is -1.89. The summed E-state index contributed by atoms with van der Waals surface area (Å²) < 4.78 is 4.69. The number of benzene rings is 1. The minimum absolute atomic E-state index is 0.0227. The molecule has 1 N–H and O–H groups in total. The number of carbonyl (C=O) groups excluding carboxylic acids is 1. The third-order valence-electron chi connectivity index (χ3n) is 2.11. The predicted molar refractivity (Wildman–Crippen MR) is 63.6 cm³/mol. The zero-order valence-electron chi connectivity index (χ0n) is 9.71. The molecule has 0 aliphatic carbocycles. The van der Waals surface area contributed by atoms with Crippen LogP contribution in [-0.4, -0.2) is 23.7 Å². The third kappa shape index (κ3) is 3.19. The molecule has 0 heterocycles. The first kappa shape index (κ1) is 13.5. The molecule has 0 atom stereocenters. The van der Waals surface area contributed by atoms with Crippen molar-refractivity contribution in [3.05, 3.63) is 41.0 Å². The lowest BCUT2D eigenvalue weighted by atomic mass is 10.1. The van der Waals surface area contributed by atoms with Crippen molar-refractivity contribution >= 4 is 18.0 Å². The van der Waals surface area contributed by atoms with Crippen molar-refractivity contribution in [2.45, 2.75) is 6.92 Å². The molecule has 0 bridgehead atoms. The van der Waals surface area contributed by atoms with Gasteiger partial charge in [0.25, 0.3) is 0 Å². The number of rotatable bonds is 4. The Balaban J connectivity index is 3.18. The third-order valence-corrected chi connectivity index (χ3v) is 2.11. The van der Waals surface area contributed by atoms with Gasteiger partial charge in [-0.3, -0.25) is 0 Å². The fourth-order valence-electron chi connectivity index (χ4n) is 1.32. The minimum atomic E-state index is -1.12. The molecule has 1 aromatic rings. The second-order valence-electron chi connectivity index (χ2n) is 3.28. The number of carboxylic acid groups (broad SMARTS) is 1. The summed E-state index contributed by atoms with van der Waals surface area (Å²) >= 11 is 0. The Bertz CT molecular complexity index is 540. The van der Waals surface area contributed by atoms with E-state index in [9.17, 15) is 9.59 Å². The van der Waals surface area contributed by atoms with Crippen molar-refractivity contribution in [2.24, 2.45) is 0 Å². The summed E-state index contributed by atoms with van der Waals surface area (Å²) in [6.45, 7) is 1.77. The van der Waals surface area contributed by atoms with Crippen LogP contribution in [-0.2, 0) is 9.53 Å². The largest absolute Gasteiger partial charge is 0.478 e. The average Bonchev–Trinajstić information content (AvgIpc) is 2.36. The van der Waals surface area contributed by atoms with Gasteiger partial charge in [-0.05, 0) is 24.6 Å². The van der Waals surface area contributed by atoms with Gasteiger partial charge in [-0.1, -0.05) is 18.2 Å². The normalized spacial score (nSPS) is 10.6. The lowest BCUT2D eigenvalue weighted by Crippen LogP contribution is -2.07. The summed E-state index contributed by atoms with van der Waals surface area (Å²) in [5.41, 5.74) is 0.0784. The van der Waals surface area contributed by atoms with Crippen LogP contribution in [0.15, 0.2) is 29.8 Å². The number of hydrogen-bond acceptors (Lipinski definition) is 4. The first-order valence-electron chi connectivity index (χ1n) is 5.21. The Labute approximate surface area is 104 Å². The van der Waals surface area contributed by atoms with Gasteiger partial charge in [0.1, 0.15) is 11.6 Å². The maximum absolute atomic E-state index is 11.4. The van der Waals surface area contributed by atoms with Gasteiger partial charge in [-0.25, -0.2) is 9.59 Å². The number of carboxylic acids is 1. The Kier molecular flexibility index (Phi) is 4.64. The van der Waals surface area contributed by atoms with Gasteiger partial charge in [0.2, 0.25) is 0 Å². The maximum atomic E-state index is 11.4. The van der Waals surface area contributed by atoms with Crippen LogP contribution in [0.2, 0.25) is 0 Å². The molecule has 0 radical (unpaired) electrons. The van der Waals surface area contributed by atoms with Crippen LogP contribution >= 0.6 is 0 Å². The van der Waals surface area contributed by atoms with Crippen LogP contribution in [0, 0.1) is 11.3 Å². The second kappa shape index (κ2) is 6.21. The van der Waals surface area contributed by atoms with E-state index in [4.69, 9.17) is 15.1 Å². The maximum Gasteiger partial charge on any atom is 0.348 e. The van der Waals surface area contributed by atoms with E-state index in [1.807, 2.05) is 0 Å². The number of hydrogen-bond donors (Lipinski definition) is 1. The van der Waals surface area contributed by atoms with Crippen LogP contribution in [0.5, 0.6) is 0 Å². The van der Waals surface area contributed by atoms with Crippen molar-refractivity contribution in [2.75, 3.05) is 6.61 Å². The van der Waals surface area contributed by atoms with Gasteiger partial charge < -0.3 is 9.84 Å². The highest BCUT2D eigenvalue weighted by Crippen LogP contribution is 2.13. The molecule has 0 aliphatic rings. The SMILES string of the molecule is CCOC(=O)C(C#N)=Cc1ccccc1C(=O)O. The Morgan fingerprint density at radius 1 is 1.44 bits per heavy atom. The topological polar surface area (TPSA) is 87.4 Å². The molecule has 0 spiro atoms. The summed E-state index contributed by atoms with van der Waals surface area (Å²) in [7, 11) is 0. The van der Waals surface area contributed by atoms with Crippen LogP contribution < -0.4 is 0 Å². The lowest BCUT2D eigenvalue weighted by Gasteiger charge is -2.02. The number of esters is 1. The van der Waals surface area contributed by atoms with Gasteiger partial charge in [0, 0.05) is 0 Å². The zero-order chi connectivity index (χ0) is 13.5. The molecule has 1 rings (SSSR count). The Morgan fingerprint density at radius 2 is 2.11 bits per heavy atom. The van der Waals surface area contributed by atoms with E-state index in [0.717, 1.165) is 0 Å². The second-order valence-corrected chi connectivity index (χ2v) is 3.28. The minimum Gasteiger partial charge on any atom is -0.478 e. The summed E-state index contributed by atoms with van der Waals surface area (Å²) in [6.07, 6.45) is 1.21. The van der Waals surface area contributed by atoms with E-state index in [0.29, 0.717) is 0 Å². The van der Waals surface area contributed by atoms with E-state index >= 15 is 0 Å². The van der Waals surface area contributed by atoms with Gasteiger partial charge in [0.15, 0.2) is 0 Å². The van der Waals surface area contributed by atoms with Gasteiger partial charge in [-0.2, -0.15) is 5.26 Å². The monoisotopic (exact) mass is 245 g/mol. The van der Waals surface area contributed by atoms with Gasteiger partial charge in [-0.15, -0.1) is 0 Å². The van der Waals surface area contributed by atoms with E-state index in [1.165, 1.54) is 18.2 Å². The molecule has 0 unspecified atom stereocenters. The first-order valence-corrected chi connectivity index (χ1v) is 5.21. The van der Waals surface area contributed by atoms with E-state index < -0.39 is 11.9 Å². The molecule has 5 nitrogen and oxygen atoms in total. The highest BCUT2D eigenvalue weighted by molar-refractivity contribution is 6.00. The summed E-state index contributed by atoms with van der Waals surface area (Å²) in [5, 5.41) is 17.8. The van der Waals surface area contributed by atoms with Crippen LogP contribution in [0.25, 0.3) is 6.08 Å². The fourth-order valence-corrected chi connectivity index (χ4v) is 1.32. The Morgan fingerprint density at radius 3 is 2.67 bits per heavy atom. The molecule has 92 valence electrons. The van der Waals surface area contributed by atoms with Crippen molar-refractivity contribution in [3.8, 4) is 6.07 Å². The molecular weight excluding hydrogens is 234 g/mol. The number of carbonyl (C=O) groups is 2. The van der Waals surface area contributed by atoms with Gasteiger partial charge >= 0.3 is 11.9 Å². The number of nitriles is 1. The molecule has 0 amide bonds. The molecule has 0 saturated heterocycles. The number of aromatic carboxylic acids is 1. The number of ether oxygens (including phenoxy) is 1. The highest BCUT2D eigenvalue weighted by Gasteiger charge is 2.13. The fraction of sp³-hybridized carbons (Fsp3) is 0.154. The molecule has 18 heavy (non-hydrogen) atoms. The average molecular weight is 245 g/mol. The number of nitrogens with zero attached hydrogens (tertiary/aromatic N) is 1. The zero-order valence-corrected chi connectivity index (χ0v) is 9.71. The highest BCUT2D eigenvalue weighted by atomic mass is 16.5. The van der Waals surface area contributed by atoms with Gasteiger partial charge in [0.05, 0.1) is 12.2 Å². The molecule has 0 aromatic heterocycles. The quantitative estimate of drug-likeness (QED) is 0.497. The smallest absolute Gasteiger partial charge is 0.348 e. The lowest BCUT2D eigenvalue weighted by molar-refractivity contribution is -0.137. The summed E-state index contributed by atoms with van der Waals surface area (Å²) in [4.78, 5) is 22.4. The van der Waals surface area contributed by atoms with Crippen molar-refractivity contribution in [1.82, 2.24) is 0 Å². The predicted octanol–water partition coefficient (Wildman–Crippen LogP) is 1.85. The van der Waals surface area contributed by atoms with E-state index in [1.54, 1.807) is 25.1 Å². The van der Waals surface area contributed by atoms with Crippen LogP contribution in [0.1, 0.15) is 22.8 Å². The molecular formula is C13H11NO4. The standard InChI is InChI=1S/C13H11NO4/c1-2-18-13(17)10(8-14)7-9-5-3-4-6-11(9)12(15)16/h3-7H,2H2,1H3,(H,15,16). The first-order chi connectivity index (χ1) is 8.60. The molecule has 0 fully saturated rings. The summed E-state index contributed by atoms with van der Waals surface area (Å²) in [6, 6.07) is 7.80. The van der Waals surface area contributed by atoms with Crippen molar-refractivity contribution in [1.29, 1.82) is 5.26 Å². The van der Waals surface area contributed by atoms with E-state index in [2.05, 4.69) is 0 Å². The van der Waals surface area contributed by atoms with Crippen molar-refractivity contribution in [3.63, 3.8) is 0 Å². The Hall–Kier alpha value is -2.61. The van der Waals surface area contributed by atoms with Crippen molar-refractivity contribution < 1.29 is 19.4 Å². The van der Waals surface area contributed by atoms with Crippen LogP contribution in [0.4, 0.5) is 0 Å². The molecule has 5 heteroatoms. The van der Waals surface area contributed by atoms with Crippen LogP contribution in [0.3, 0.4) is 0 Å². The molecule has 0 aliphatic heterocycles.